The van der Waals surface area contributed by atoms with E-state index in [4.69, 9.17) is 0 Å². The maximum Gasteiger partial charge on any atom is 0.0666 e. The highest BCUT2D eigenvalue weighted by Crippen LogP contribution is 1.77. The van der Waals surface area contributed by atoms with Crippen LogP contribution in [0.3, 0.4) is 0 Å². The predicted octanol–water partition coefficient (Wildman–Crippen LogP) is 0.505. The van der Waals surface area contributed by atoms with Crippen molar-refractivity contribution in [2.45, 2.75) is 13.8 Å². The molecule has 0 amide bonds. The molecule has 2 nitrogen and oxygen atoms in total. The van der Waals surface area contributed by atoms with E-state index in [2.05, 4.69) is 13.2 Å². The van der Waals surface area contributed by atoms with Crippen LogP contribution in [-0.4, -0.2) is 5.97 Å². The Balaban J connectivity index is 0. The van der Waals surface area contributed by atoms with Gasteiger partial charge in [0.2, 0.25) is 0 Å². The predicted molar refractivity (Wildman–Crippen MR) is 35.7 cm³/mol. The Kier molecular flexibility index (Phi) is 8.38. The van der Waals surface area contributed by atoms with Gasteiger partial charge in [-0.15, -0.1) is 6.58 Å². The van der Waals surface area contributed by atoms with Crippen molar-refractivity contribution in [1.29, 1.82) is 0 Å². The lowest BCUT2D eigenvalue weighted by Gasteiger charge is -1.93. The van der Waals surface area contributed by atoms with E-state index in [1.165, 1.54) is 6.92 Å². The Hall–Kier alpha value is -1.05. The lowest BCUT2D eigenvalue weighted by atomic mass is 10.4. The molecule has 0 radical (unpaired) electrons. The number of allylic oxidation sites excluding steroid dienone is 1. The van der Waals surface area contributed by atoms with Gasteiger partial charge in [0.05, 0.1) is 5.97 Å². The number of hydrogen-bond donors (Lipinski definition) is 0. The van der Waals surface area contributed by atoms with Crippen LogP contribution >= 0.6 is 0 Å². The van der Waals surface area contributed by atoms with Crippen LogP contribution in [0.4, 0.5) is 0 Å². The van der Waals surface area contributed by atoms with Crippen molar-refractivity contribution in [2.24, 2.45) is 0 Å². The van der Waals surface area contributed by atoms with E-state index in [1.807, 2.05) is 6.92 Å². The molecule has 0 aliphatic heterocycles. The lowest BCUT2D eigenvalue weighted by molar-refractivity contribution is -0.299. The van der Waals surface area contributed by atoms with Gasteiger partial charge in [0.15, 0.2) is 0 Å². The first-order valence-electron chi connectivity index (χ1n) is 2.50. The van der Waals surface area contributed by atoms with Crippen LogP contribution < -0.4 is 5.11 Å². The molecule has 0 saturated carbocycles. The highest BCUT2D eigenvalue weighted by Gasteiger charge is 1.76. The van der Waals surface area contributed by atoms with Gasteiger partial charge in [0, 0.05) is 0 Å². The SMILES string of the molecule is C=C(C)C(=O)[O-].C=CC. The third-order valence-corrected chi connectivity index (χ3v) is 0.348. The molecule has 0 spiro atoms. The highest BCUT2D eigenvalue weighted by atomic mass is 16.4. The Morgan fingerprint density at radius 2 is 1.78 bits per heavy atom. The molecule has 0 aromatic carbocycles. The molecule has 0 aliphatic carbocycles. The summed E-state index contributed by atoms with van der Waals surface area (Å²) in [4.78, 5) is 9.49. The minimum Gasteiger partial charge on any atom is -0.545 e. The first kappa shape index (κ1) is 10.8. The van der Waals surface area contributed by atoms with Gasteiger partial charge in [-0.2, -0.15) is 0 Å². The largest absolute Gasteiger partial charge is 0.545 e. The molecule has 2 heteroatoms. The molecule has 0 aromatic rings. The van der Waals surface area contributed by atoms with E-state index in [-0.39, 0.29) is 5.57 Å². The number of rotatable bonds is 1. The standard InChI is InChI=1S/C4H6O2.C3H6/c1-3(2)4(5)6;1-3-2/h1H2,2H3,(H,5,6);3H,1H2,2H3/p-1. The van der Waals surface area contributed by atoms with Gasteiger partial charge in [-0.1, -0.05) is 12.7 Å². The zero-order valence-electron chi connectivity index (χ0n) is 5.81. The van der Waals surface area contributed by atoms with Crippen molar-refractivity contribution in [3.05, 3.63) is 24.8 Å². The van der Waals surface area contributed by atoms with Gasteiger partial charge < -0.3 is 9.90 Å². The molecule has 0 fully saturated rings. The quantitative estimate of drug-likeness (QED) is 0.380. The lowest BCUT2D eigenvalue weighted by Crippen LogP contribution is -2.22. The number of aliphatic carboxylic acids is 1. The fourth-order valence-electron chi connectivity index (χ4n) is 0. The molecule has 0 aliphatic rings. The average Bonchev–Trinajstić information content (AvgIpc) is 1.68. The number of carboxylic acid groups (broad SMARTS) is 1. The fourth-order valence-corrected chi connectivity index (χ4v) is 0. The van der Waals surface area contributed by atoms with Crippen LogP contribution in [0.5, 0.6) is 0 Å². The third-order valence-electron chi connectivity index (χ3n) is 0.348. The first-order chi connectivity index (χ1) is 4.06. The minimum absolute atomic E-state index is 0.0648. The van der Waals surface area contributed by atoms with Crippen LogP contribution in [0, 0.1) is 0 Å². The van der Waals surface area contributed by atoms with E-state index in [0.29, 0.717) is 0 Å². The van der Waals surface area contributed by atoms with E-state index >= 15 is 0 Å². The summed E-state index contributed by atoms with van der Waals surface area (Å²) >= 11 is 0. The Morgan fingerprint density at radius 3 is 1.78 bits per heavy atom. The Labute approximate surface area is 55.5 Å². The molecule has 0 bridgehead atoms. The van der Waals surface area contributed by atoms with Gasteiger partial charge in [0.1, 0.15) is 0 Å². The summed E-state index contributed by atoms with van der Waals surface area (Å²) in [6.07, 6.45) is 1.75. The number of carbonyl (C=O) groups is 1. The molecular formula is C7H11O2-. The van der Waals surface area contributed by atoms with E-state index in [1.54, 1.807) is 6.08 Å². The molecule has 0 N–H and O–H groups in total. The van der Waals surface area contributed by atoms with Gasteiger partial charge in [0.25, 0.3) is 0 Å². The zero-order chi connectivity index (χ0) is 7.86. The number of carboxylic acids is 1. The summed E-state index contributed by atoms with van der Waals surface area (Å²) in [6.45, 7) is 9.73. The minimum atomic E-state index is -1.19. The van der Waals surface area contributed by atoms with Crippen LogP contribution in [-0.2, 0) is 4.79 Å². The van der Waals surface area contributed by atoms with Crippen LogP contribution in [0.1, 0.15) is 13.8 Å². The summed E-state index contributed by atoms with van der Waals surface area (Å²) < 4.78 is 0. The Bertz CT molecular complexity index is 102. The van der Waals surface area contributed by atoms with Gasteiger partial charge in [-0.05, 0) is 19.4 Å². The molecule has 52 valence electrons. The third kappa shape index (κ3) is 19.6. The van der Waals surface area contributed by atoms with E-state index in [9.17, 15) is 9.90 Å². The monoisotopic (exact) mass is 127 g/mol. The van der Waals surface area contributed by atoms with Crippen LogP contribution in [0.25, 0.3) is 0 Å². The maximum atomic E-state index is 9.49. The van der Waals surface area contributed by atoms with Crippen molar-refractivity contribution >= 4 is 5.97 Å². The van der Waals surface area contributed by atoms with Crippen molar-refractivity contribution in [3.8, 4) is 0 Å². The second kappa shape index (κ2) is 6.95. The van der Waals surface area contributed by atoms with Gasteiger partial charge >= 0.3 is 0 Å². The van der Waals surface area contributed by atoms with Crippen molar-refractivity contribution in [3.63, 3.8) is 0 Å². The van der Waals surface area contributed by atoms with Gasteiger partial charge in [-0.25, -0.2) is 0 Å². The van der Waals surface area contributed by atoms with Gasteiger partial charge in [-0.3, -0.25) is 0 Å². The maximum absolute atomic E-state index is 9.49. The van der Waals surface area contributed by atoms with Crippen molar-refractivity contribution < 1.29 is 9.90 Å². The van der Waals surface area contributed by atoms with Crippen LogP contribution in [0.15, 0.2) is 24.8 Å². The van der Waals surface area contributed by atoms with Crippen molar-refractivity contribution in [1.82, 2.24) is 0 Å². The summed E-state index contributed by atoms with van der Waals surface area (Å²) in [7, 11) is 0. The molecule has 0 heterocycles. The first-order valence-corrected chi connectivity index (χ1v) is 2.50. The molecule has 0 saturated heterocycles. The normalized spacial score (nSPS) is 6.44. The zero-order valence-corrected chi connectivity index (χ0v) is 5.81. The van der Waals surface area contributed by atoms with E-state index in [0.717, 1.165) is 0 Å². The highest BCUT2D eigenvalue weighted by molar-refractivity contribution is 5.82. The topological polar surface area (TPSA) is 40.1 Å². The average molecular weight is 127 g/mol. The molecule has 9 heavy (non-hydrogen) atoms. The Morgan fingerprint density at radius 1 is 1.67 bits per heavy atom. The summed E-state index contributed by atoms with van der Waals surface area (Å²) in [5, 5.41) is 9.49. The second-order valence-electron chi connectivity index (χ2n) is 1.48. The van der Waals surface area contributed by atoms with Crippen molar-refractivity contribution in [2.75, 3.05) is 0 Å². The summed E-state index contributed by atoms with van der Waals surface area (Å²) in [6, 6.07) is 0. The summed E-state index contributed by atoms with van der Waals surface area (Å²) in [5.41, 5.74) is 0.0648. The molecular weight excluding hydrogens is 116 g/mol. The molecule has 0 rings (SSSR count). The van der Waals surface area contributed by atoms with E-state index < -0.39 is 5.97 Å². The summed E-state index contributed by atoms with van der Waals surface area (Å²) in [5.74, 6) is -1.19. The number of hydrogen-bond acceptors (Lipinski definition) is 2. The molecule has 0 atom stereocenters. The van der Waals surface area contributed by atoms with Crippen LogP contribution in [0.2, 0.25) is 0 Å². The fraction of sp³-hybridized carbons (Fsp3) is 0.286. The smallest absolute Gasteiger partial charge is 0.0666 e. The molecule has 0 aromatic heterocycles. The molecule has 0 unspecified atom stereocenters. The number of carbonyl (C=O) groups excluding carboxylic acids is 1. The second-order valence-corrected chi connectivity index (χ2v) is 1.48.